The smallest absolute Gasteiger partial charge is 0.133 e. The Kier molecular flexibility index (Phi) is 3.46. The van der Waals surface area contributed by atoms with Crippen molar-refractivity contribution >= 4 is 17.2 Å². The summed E-state index contributed by atoms with van der Waals surface area (Å²) in [6, 6.07) is 0.199. The first-order valence-corrected chi connectivity index (χ1v) is 7.63. The molecule has 100 valence electrons. The van der Waals surface area contributed by atoms with Gasteiger partial charge in [0.25, 0.3) is 0 Å². The lowest BCUT2D eigenvalue weighted by atomic mass is 10.2. The number of rotatable bonds is 4. The molecule has 1 aliphatic rings. The van der Waals surface area contributed by atoms with E-state index in [0.29, 0.717) is 0 Å². The maximum Gasteiger partial charge on any atom is 0.133 e. The van der Waals surface area contributed by atoms with Crippen molar-refractivity contribution in [2.75, 3.05) is 5.32 Å². The van der Waals surface area contributed by atoms with Gasteiger partial charge in [0.2, 0.25) is 0 Å². The number of thiazole rings is 1. The largest absolute Gasteiger partial charge is 0.361 e. The van der Waals surface area contributed by atoms with Gasteiger partial charge in [-0.15, -0.1) is 11.3 Å². The van der Waals surface area contributed by atoms with E-state index >= 15 is 0 Å². The molecule has 19 heavy (non-hydrogen) atoms. The number of nitrogens with zero attached hydrogens (tertiary/aromatic N) is 3. The number of aromatic nitrogens is 3. The van der Waals surface area contributed by atoms with Crippen LogP contribution >= 0.6 is 11.3 Å². The summed E-state index contributed by atoms with van der Waals surface area (Å²) in [4.78, 5) is 14.6. The zero-order chi connectivity index (χ0) is 13.2. The van der Waals surface area contributed by atoms with E-state index in [4.69, 9.17) is 0 Å². The van der Waals surface area contributed by atoms with Gasteiger partial charge >= 0.3 is 0 Å². The molecule has 1 atom stereocenters. The highest BCUT2D eigenvalue weighted by molar-refractivity contribution is 7.11. The summed E-state index contributed by atoms with van der Waals surface area (Å²) in [5.41, 5.74) is 2.50. The second-order valence-electron chi connectivity index (χ2n) is 4.89. The third kappa shape index (κ3) is 2.47. The van der Waals surface area contributed by atoms with Crippen LogP contribution in [0.25, 0.3) is 0 Å². The van der Waals surface area contributed by atoms with Crippen LogP contribution in [0.4, 0.5) is 5.82 Å². The Bertz CT molecular complexity index is 579. The topological polar surface area (TPSA) is 50.7 Å². The van der Waals surface area contributed by atoms with E-state index in [1.165, 1.54) is 22.6 Å². The number of anilines is 1. The molecule has 2 aromatic rings. The minimum Gasteiger partial charge on any atom is -0.361 e. The summed E-state index contributed by atoms with van der Waals surface area (Å²) < 4.78 is 0. The van der Waals surface area contributed by atoms with Crippen molar-refractivity contribution in [1.29, 1.82) is 0 Å². The van der Waals surface area contributed by atoms with Gasteiger partial charge in [-0.1, -0.05) is 6.92 Å². The monoisotopic (exact) mass is 274 g/mol. The molecule has 1 aliphatic carbocycles. The minimum absolute atomic E-state index is 0.199. The number of hydrogen-bond donors (Lipinski definition) is 1. The molecule has 4 nitrogen and oxygen atoms in total. The predicted octanol–water partition coefficient (Wildman–Crippen LogP) is 3.16. The quantitative estimate of drug-likeness (QED) is 0.930. The number of hydrogen-bond acceptors (Lipinski definition) is 5. The molecule has 0 aliphatic heterocycles. The lowest BCUT2D eigenvalue weighted by Gasteiger charge is -2.14. The lowest BCUT2D eigenvalue weighted by molar-refractivity contribution is 0.850. The summed E-state index contributed by atoms with van der Waals surface area (Å²) in [6.45, 7) is 4.30. The molecule has 0 aromatic carbocycles. The van der Waals surface area contributed by atoms with Crippen molar-refractivity contribution in [3.8, 4) is 0 Å². The first-order valence-electron chi connectivity index (χ1n) is 6.81. The molecule has 3 rings (SSSR count). The lowest BCUT2D eigenvalue weighted by Crippen LogP contribution is -2.10. The number of aryl methyl sites for hydroxylation is 2. The van der Waals surface area contributed by atoms with E-state index < -0.39 is 0 Å². The Hall–Kier alpha value is -1.49. The van der Waals surface area contributed by atoms with Gasteiger partial charge in [-0.2, -0.15) is 0 Å². The Morgan fingerprint density at radius 1 is 1.32 bits per heavy atom. The highest BCUT2D eigenvalue weighted by Gasteiger charge is 2.19. The molecule has 5 heteroatoms. The van der Waals surface area contributed by atoms with Crippen LogP contribution in [0.5, 0.6) is 0 Å². The van der Waals surface area contributed by atoms with Crippen LogP contribution < -0.4 is 5.32 Å². The van der Waals surface area contributed by atoms with Gasteiger partial charge in [-0.3, -0.25) is 0 Å². The van der Waals surface area contributed by atoms with Crippen LogP contribution in [0, 0.1) is 0 Å². The fourth-order valence-electron chi connectivity index (χ4n) is 2.44. The maximum atomic E-state index is 4.49. The third-order valence-electron chi connectivity index (χ3n) is 3.52. The average Bonchev–Trinajstić information content (AvgIpc) is 3.08. The van der Waals surface area contributed by atoms with Gasteiger partial charge in [-0.25, -0.2) is 15.0 Å². The van der Waals surface area contributed by atoms with Crippen molar-refractivity contribution in [2.24, 2.45) is 0 Å². The summed E-state index contributed by atoms with van der Waals surface area (Å²) in [6.07, 6.45) is 8.05. The normalized spacial score (nSPS) is 15.3. The molecule has 2 aromatic heterocycles. The molecule has 0 bridgehead atoms. The SMILES string of the molecule is CCc1cnc(C(C)Nc2ncnc3c2CCC3)s1. The van der Waals surface area contributed by atoms with Gasteiger partial charge in [0.1, 0.15) is 17.2 Å². The van der Waals surface area contributed by atoms with E-state index in [-0.39, 0.29) is 6.04 Å². The first-order chi connectivity index (χ1) is 9.28. The molecule has 0 amide bonds. The van der Waals surface area contributed by atoms with E-state index in [9.17, 15) is 0 Å². The maximum absolute atomic E-state index is 4.49. The molecule has 0 radical (unpaired) electrons. The zero-order valence-corrected chi connectivity index (χ0v) is 12.1. The molecular formula is C14H18N4S. The zero-order valence-electron chi connectivity index (χ0n) is 11.3. The molecule has 1 unspecified atom stereocenters. The van der Waals surface area contributed by atoms with Crippen molar-refractivity contribution in [3.05, 3.63) is 33.7 Å². The highest BCUT2D eigenvalue weighted by Crippen LogP contribution is 2.29. The van der Waals surface area contributed by atoms with E-state index in [2.05, 4.69) is 34.1 Å². The van der Waals surface area contributed by atoms with Gasteiger partial charge in [0.05, 0.1) is 6.04 Å². The first kappa shape index (κ1) is 12.5. The molecule has 0 saturated heterocycles. The van der Waals surface area contributed by atoms with Gasteiger partial charge in [-0.05, 0) is 32.6 Å². The van der Waals surface area contributed by atoms with Gasteiger partial charge in [0, 0.05) is 22.3 Å². The van der Waals surface area contributed by atoms with Crippen molar-refractivity contribution in [2.45, 2.75) is 45.6 Å². The van der Waals surface area contributed by atoms with Gasteiger partial charge in [0.15, 0.2) is 0 Å². The van der Waals surface area contributed by atoms with Crippen LogP contribution in [0.1, 0.15) is 47.5 Å². The molecule has 0 spiro atoms. The Balaban J connectivity index is 1.79. The summed E-state index contributed by atoms with van der Waals surface area (Å²) >= 11 is 1.78. The van der Waals surface area contributed by atoms with E-state index in [1.807, 2.05) is 6.20 Å². The van der Waals surface area contributed by atoms with Crippen LogP contribution in [0.2, 0.25) is 0 Å². The van der Waals surface area contributed by atoms with Crippen molar-refractivity contribution < 1.29 is 0 Å². The molecule has 0 saturated carbocycles. The Labute approximate surface area is 117 Å². The Morgan fingerprint density at radius 2 is 2.21 bits per heavy atom. The van der Waals surface area contributed by atoms with Crippen LogP contribution in [0.3, 0.4) is 0 Å². The second kappa shape index (κ2) is 5.25. The standard InChI is InChI=1S/C14H18N4S/c1-3-10-7-15-14(19-10)9(2)18-13-11-5-4-6-12(11)16-8-17-13/h7-9H,3-6H2,1-2H3,(H,16,17,18). The Morgan fingerprint density at radius 3 is 3.00 bits per heavy atom. The molecule has 2 heterocycles. The van der Waals surface area contributed by atoms with E-state index in [1.54, 1.807) is 17.7 Å². The number of nitrogens with one attached hydrogen (secondary N) is 1. The van der Waals surface area contributed by atoms with Crippen molar-refractivity contribution in [3.63, 3.8) is 0 Å². The summed E-state index contributed by atoms with van der Waals surface area (Å²) in [5.74, 6) is 0.989. The second-order valence-corrected chi connectivity index (χ2v) is 6.03. The highest BCUT2D eigenvalue weighted by atomic mass is 32.1. The van der Waals surface area contributed by atoms with Crippen molar-refractivity contribution in [1.82, 2.24) is 15.0 Å². The third-order valence-corrected chi connectivity index (χ3v) is 4.84. The fraction of sp³-hybridized carbons (Fsp3) is 0.500. The van der Waals surface area contributed by atoms with E-state index in [0.717, 1.165) is 30.1 Å². The van der Waals surface area contributed by atoms with Crippen LogP contribution in [-0.2, 0) is 19.3 Å². The average molecular weight is 274 g/mol. The summed E-state index contributed by atoms with van der Waals surface area (Å²) in [5, 5.41) is 4.62. The minimum atomic E-state index is 0.199. The van der Waals surface area contributed by atoms with Crippen LogP contribution in [0.15, 0.2) is 12.5 Å². The van der Waals surface area contributed by atoms with Gasteiger partial charge < -0.3 is 5.32 Å². The van der Waals surface area contributed by atoms with Crippen LogP contribution in [-0.4, -0.2) is 15.0 Å². The molecular weight excluding hydrogens is 256 g/mol. The molecule has 1 N–H and O–H groups in total. The number of fused-ring (bicyclic) bond motifs is 1. The predicted molar refractivity (Wildman–Crippen MR) is 77.6 cm³/mol. The fourth-order valence-corrected chi connectivity index (χ4v) is 3.30. The molecule has 0 fully saturated rings. The summed E-state index contributed by atoms with van der Waals surface area (Å²) in [7, 11) is 0.